The third-order valence-corrected chi connectivity index (χ3v) is 3.70. The predicted octanol–water partition coefficient (Wildman–Crippen LogP) is 3.79. The standard InChI is InChI=1S/C16H21BrN4/c1-4-10-18-16-14(17)15(12-8-6-5-7-9-12)19-13(20-16)11-21(2)3/h5-9H,4,10-11H2,1-3H3,(H,18,19,20). The predicted molar refractivity (Wildman–Crippen MR) is 91.3 cm³/mol. The van der Waals surface area contributed by atoms with Crippen LogP contribution >= 0.6 is 15.9 Å². The van der Waals surface area contributed by atoms with Gasteiger partial charge in [-0.05, 0) is 36.4 Å². The zero-order chi connectivity index (χ0) is 15.2. The van der Waals surface area contributed by atoms with Gasteiger partial charge in [0.15, 0.2) is 0 Å². The highest BCUT2D eigenvalue weighted by Crippen LogP contribution is 2.31. The topological polar surface area (TPSA) is 41.1 Å². The van der Waals surface area contributed by atoms with Crippen molar-refractivity contribution < 1.29 is 0 Å². The highest BCUT2D eigenvalue weighted by atomic mass is 79.9. The summed E-state index contributed by atoms with van der Waals surface area (Å²) in [6, 6.07) is 10.2. The minimum atomic E-state index is 0.716. The van der Waals surface area contributed by atoms with Gasteiger partial charge < -0.3 is 10.2 Å². The highest BCUT2D eigenvalue weighted by Gasteiger charge is 2.14. The Bertz CT molecular complexity index is 584. The van der Waals surface area contributed by atoms with Crippen molar-refractivity contribution in [3.05, 3.63) is 40.6 Å². The largest absolute Gasteiger partial charge is 0.369 e. The molecular weight excluding hydrogens is 328 g/mol. The number of nitrogens with one attached hydrogen (secondary N) is 1. The van der Waals surface area contributed by atoms with Crippen molar-refractivity contribution in [1.29, 1.82) is 0 Å². The summed E-state index contributed by atoms with van der Waals surface area (Å²) in [5.41, 5.74) is 2.02. The number of aromatic nitrogens is 2. The Kier molecular flexibility index (Phi) is 5.70. The van der Waals surface area contributed by atoms with Crippen LogP contribution in [0.15, 0.2) is 34.8 Å². The fourth-order valence-electron chi connectivity index (χ4n) is 1.99. The molecule has 0 bridgehead atoms. The van der Waals surface area contributed by atoms with Gasteiger partial charge in [-0.15, -0.1) is 0 Å². The Morgan fingerprint density at radius 1 is 1.14 bits per heavy atom. The van der Waals surface area contributed by atoms with Crippen LogP contribution in [0.5, 0.6) is 0 Å². The van der Waals surface area contributed by atoms with E-state index in [-0.39, 0.29) is 0 Å². The monoisotopic (exact) mass is 348 g/mol. The summed E-state index contributed by atoms with van der Waals surface area (Å²) in [5.74, 6) is 1.68. The zero-order valence-corrected chi connectivity index (χ0v) is 14.3. The Hall–Kier alpha value is -1.46. The molecule has 0 amide bonds. The van der Waals surface area contributed by atoms with E-state index in [0.29, 0.717) is 6.54 Å². The molecule has 1 aromatic heterocycles. The quantitative estimate of drug-likeness (QED) is 0.862. The van der Waals surface area contributed by atoms with E-state index in [2.05, 4.69) is 50.2 Å². The smallest absolute Gasteiger partial charge is 0.145 e. The van der Waals surface area contributed by atoms with Gasteiger partial charge in [-0.2, -0.15) is 0 Å². The van der Waals surface area contributed by atoms with Crippen molar-refractivity contribution in [1.82, 2.24) is 14.9 Å². The molecular formula is C16H21BrN4. The fourth-order valence-corrected chi connectivity index (χ4v) is 2.54. The second kappa shape index (κ2) is 7.52. The van der Waals surface area contributed by atoms with Gasteiger partial charge >= 0.3 is 0 Å². The maximum Gasteiger partial charge on any atom is 0.145 e. The van der Waals surface area contributed by atoms with Gasteiger partial charge in [-0.3, -0.25) is 0 Å². The van der Waals surface area contributed by atoms with Crippen LogP contribution in [-0.2, 0) is 6.54 Å². The molecule has 1 N–H and O–H groups in total. The van der Waals surface area contributed by atoms with E-state index < -0.39 is 0 Å². The minimum Gasteiger partial charge on any atom is -0.369 e. The van der Waals surface area contributed by atoms with Gasteiger partial charge in [-0.1, -0.05) is 37.3 Å². The van der Waals surface area contributed by atoms with Crippen LogP contribution in [0.4, 0.5) is 5.82 Å². The number of anilines is 1. The van der Waals surface area contributed by atoms with E-state index >= 15 is 0 Å². The number of nitrogens with zero attached hydrogens (tertiary/aromatic N) is 3. The molecule has 0 aliphatic rings. The average molecular weight is 349 g/mol. The maximum absolute atomic E-state index is 4.71. The molecule has 2 aromatic rings. The SMILES string of the molecule is CCCNc1nc(CN(C)C)nc(-c2ccccc2)c1Br. The van der Waals surface area contributed by atoms with Gasteiger partial charge in [0, 0.05) is 12.1 Å². The van der Waals surface area contributed by atoms with Gasteiger partial charge in [0.05, 0.1) is 16.7 Å². The summed E-state index contributed by atoms with van der Waals surface area (Å²) >= 11 is 3.65. The van der Waals surface area contributed by atoms with Crippen LogP contribution < -0.4 is 5.32 Å². The zero-order valence-electron chi connectivity index (χ0n) is 12.7. The molecule has 21 heavy (non-hydrogen) atoms. The molecule has 0 spiro atoms. The van der Waals surface area contributed by atoms with Crippen LogP contribution in [0.2, 0.25) is 0 Å². The summed E-state index contributed by atoms with van der Waals surface area (Å²) in [5, 5.41) is 3.37. The van der Waals surface area contributed by atoms with Gasteiger partial charge in [-0.25, -0.2) is 9.97 Å². The van der Waals surface area contributed by atoms with Crippen LogP contribution in [0, 0.1) is 0 Å². The van der Waals surface area contributed by atoms with Gasteiger partial charge in [0.1, 0.15) is 11.6 Å². The second-order valence-corrected chi connectivity index (χ2v) is 5.97. The number of hydrogen-bond acceptors (Lipinski definition) is 4. The highest BCUT2D eigenvalue weighted by molar-refractivity contribution is 9.10. The van der Waals surface area contributed by atoms with Crippen molar-refractivity contribution in [3.8, 4) is 11.3 Å². The Morgan fingerprint density at radius 2 is 1.86 bits per heavy atom. The first-order valence-corrected chi connectivity index (χ1v) is 7.91. The summed E-state index contributed by atoms with van der Waals surface area (Å²) in [6.45, 7) is 3.75. The van der Waals surface area contributed by atoms with Crippen LogP contribution in [0.3, 0.4) is 0 Å². The number of rotatable bonds is 6. The van der Waals surface area contributed by atoms with Crippen LogP contribution in [0.25, 0.3) is 11.3 Å². The van der Waals surface area contributed by atoms with Crippen molar-refractivity contribution in [2.45, 2.75) is 19.9 Å². The molecule has 112 valence electrons. The molecule has 4 nitrogen and oxygen atoms in total. The Labute approximate surface area is 134 Å². The fraction of sp³-hybridized carbons (Fsp3) is 0.375. The first kappa shape index (κ1) is 15.9. The molecule has 0 saturated carbocycles. The Balaban J connectivity index is 2.46. The van der Waals surface area contributed by atoms with Crippen molar-refractivity contribution in [3.63, 3.8) is 0 Å². The van der Waals surface area contributed by atoms with E-state index in [0.717, 1.165) is 40.3 Å². The summed E-state index contributed by atoms with van der Waals surface area (Å²) in [7, 11) is 4.04. The molecule has 0 aliphatic heterocycles. The van der Waals surface area contributed by atoms with Crippen molar-refractivity contribution >= 4 is 21.7 Å². The van der Waals surface area contributed by atoms with E-state index in [4.69, 9.17) is 4.98 Å². The van der Waals surface area contributed by atoms with E-state index in [1.165, 1.54) is 0 Å². The summed E-state index contributed by atoms with van der Waals surface area (Å²) in [6.07, 6.45) is 1.06. The molecule has 0 saturated heterocycles. The first-order valence-electron chi connectivity index (χ1n) is 7.12. The molecule has 0 fully saturated rings. The summed E-state index contributed by atoms with van der Waals surface area (Å²) < 4.78 is 0.921. The number of benzene rings is 1. The molecule has 0 aliphatic carbocycles. The van der Waals surface area contributed by atoms with Gasteiger partial charge in [0.2, 0.25) is 0 Å². The lowest BCUT2D eigenvalue weighted by Gasteiger charge is -2.15. The van der Waals surface area contributed by atoms with Gasteiger partial charge in [0.25, 0.3) is 0 Å². The lowest BCUT2D eigenvalue weighted by molar-refractivity contribution is 0.390. The molecule has 0 radical (unpaired) electrons. The molecule has 2 rings (SSSR count). The average Bonchev–Trinajstić information content (AvgIpc) is 2.48. The molecule has 1 heterocycles. The normalized spacial score (nSPS) is 10.9. The third kappa shape index (κ3) is 4.25. The third-order valence-electron chi connectivity index (χ3n) is 2.94. The lowest BCUT2D eigenvalue weighted by Crippen LogP contribution is -2.15. The van der Waals surface area contributed by atoms with Crippen molar-refractivity contribution in [2.24, 2.45) is 0 Å². The molecule has 0 unspecified atom stereocenters. The van der Waals surface area contributed by atoms with Crippen LogP contribution in [-0.4, -0.2) is 35.5 Å². The minimum absolute atomic E-state index is 0.716. The van der Waals surface area contributed by atoms with E-state index in [9.17, 15) is 0 Å². The Morgan fingerprint density at radius 3 is 2.48 bits per heavy atom. The van der Waals surface area contributed by atoms with Crippen LogP contribution in [0.1, 0.15) is 19.2 Å². The molecule has 5 heteroatoms. The number of hydrogen-bond donors (Lipinski definition) is 1. The second-order valence-electron chi connectivity index (χ2n) is 5.18. The molecule has 0 atom stereocenters. The first-order chi connectivity index (χ1) is 10.1. The number of halogens is 1. The summed E-state index contributed by atoms with van der Waals surface area (Å²) in [4.78, 5) is 11.4. The van der Waals surface area contributed by atoms with Crippen molar-refractivity contribution in [2.75, 3.05) is 26.0 Å². The lowest BCUT2D eigenvalue weighted by atomic mass is 10.1. The maximum atomic E-state index is 4.71. The van der Waals surface area contributed by atoms with E-state index in [1.807, 2.05) is 32.3 Å². The molecule has 1 aromatic carbocycles. The van der Waals surface area contributed by atoms with E-state index in [1.54, 1.807) is 0 Å².